The van der Waals surface area contributed by atoms with E-state index in [4.69, 9.17) is 0 Å². The van der Waals surface area contributed by atoms with Gasteiger partial charge >= 0.3 is 0 Å². The van der Waals surface area contributed by atoms with E-state index in [2.05, 4.69) is 15.7 Å². The molecule has 0 spiro atoms. The number of amides is 2. The predicted octanol–water partition coefficient (Wildman–Crippen LogP) is 2.30. The lowest BCUT2D eigenvalue weighted by atomic mass is 10.2. The first kappa shape index (κ1) is 19.3. The summed E-state index contributed by atoms with van der Waals surface area (Å²) in [6, 6.07) is 9.85. The minimum Gasteiger partial charge on any atom is -0.354 e. The molecule has 0 unspecified atom stereocenters. The van der Waals surface area contributed by atoms with Crippen LogP contribution in [0, 0.1) is 11.7 Å². The van der Waals surface area contributed by atoms with Crippen LogP contribution in [-0.4, -0.2) is 39.3 Å². The minimum absolute atomic E-state index is 0.0744. The van der Waals surface area contributed by atoms with Crippen LogP contribution < -0.4 is 10.6 Å². The van der Waals surface area contributed by atoms with Crippen LogP contribution in [0.25, 0.3) is 11.5 Å². The van der Waals surface area contributed by atoms with Gasteiger partial charge in [0.25, 0.3) is 5.91 Å². The first-order chi connectivity index (χ1) is 13.5. The number of carbonyl (C=O) groups excluding carboxylic acids is 2. The maximum atomic E-state index is 14.3. The average molecular weight is 383 g/mol. The molecule has 2 heterocycles. The van der Waals surface area contributed by atoms with Crippen LogP contribution in [0.1, 0.15) is 24.2 Å². The molecule has 0 aliphatic carbocycles. The van der Waals surface area contributed by atoms with Gasteiger partial charge in [0.05, 0.1) is 6.20 Å². The summed E-state index contributed by atoms with van der Waals surface area (Å²) >= 11 is 0. The first-order valence-corrected chi connectivity index (χ1v) is 9.01. The monoisotopic (exact) mass is 383 g/mol. The summed E-state index contributed by atoms with van der Waals surface area (Å²) in [4.78, 5) is 24.3. The van der Waals surface area contributed by atoms with E-state index in [9.17, 15) is 14.0 Å². The third-order valence-corrected chi connectivity index (χ3v) is 4.15. The second-order valence-corrected chi connectivity index (χ2v) is 6.54. The Bertz CT molecular complexity index is 963. The predicted molar refractivity (Wildman–Crippen MR) is 103 cm³/mol. The Balaban J connectivity index is 1.83. The standard InChI is InChI=1S/C20H22FN5O2/c1-14(2)18(27)22-9-10-23-19(28)15-13-24-26(17-8-4-3-7-16(17)21)20(15)25-11-5-6-12-25/h3-8,11-14H,9-10H2,1-2H3,(H,22,27)(H,23,28). The van der Waals surface area contributed by atoms with Crippen molar-refractivity contribution in [2.75, 3.05) is 13.1 Å². The van der Waals surface area contributed by atoms with Gasteiger partial charge in [0.1, 0.15) is 17.1 Å². The Labute approximate surface area is 162 Å². The number of para-hydroxylation sites is 1. The van der Waals surface area contributed by atoms with Crippen molar-refractivity contribution in [2.45, 2.75) is 13.8 Å². The van der Waals surface area contributed by atoms with Gasteiger partial charge in [0, 0.05) is 31.4 Å². The molecule has 7 nitrogen and oxygen atoms in total. The highest BCUT2D eigenvalue weighted by molar-refractivity contribution is 5.97. The lowest BCUT2D eigenvalue weighted by Crippen LogP contribution is -2.36. The average Bonchev–Trinajstić information content (AvgIpc) is 3.34. The van der Waals surface area contributed by atoms with E-state index < -0.39 is 5.82 Å². The Kier molecular flexibility index (Phi) is 5.88. The number of halogens is 1. The minimum atomic E-state index is -0.442. The zero-order chi connectivity index (χ0) is 20.1. The van der Waals surface area contributed by atoms with Crippen LogP contribution in [0.2, 0.25) is 0 Å². The maximum Gasteiger partial charge on any atom is 0.256 e. The molecular weight excluding hydrogens is 361 g/mol. The number of aromatic nitrogens is 3. The van der Waals surface area contributed by atoms with E-state index >= 15 is 0 Å². The Morgan fingerprint density at radius 3 is 2.43 bits per heavy atom. The summed E-state index contributed by atoms with van der Waals surface area (Å²) in [6.07, 6.45) is 4.92. The highest BCUT2D eigenvalue weighted by Gasteiger charge is 2.21. The molecule has 1 aromatic carbocycles. The molecule has 0 saturated carbocycles. The zero-order valence-electron chi connectivity index (χ0n) is 15.7. The fraction of sp³-hybridized carbons (Fsp3) is 0.250. The second-order valence-electron chi connectivity index (χ2n) is 6.54. The summed E-state index contributed by atoms with van der Waals surface area (Å²) in [6.45, 7) is 4.19. The van der Waals surface area contributed by atoms with E-state index in [0.29, 0.717) is 17.9 Å². The van der Waals surface area contributed by atoms with Gasteiger partial charge in [-0.3, -0.25) is 9.59 Å². The van der Waals surface area contributed by atoms with Gasteiger partial charge < -0.3 is 15.2 Å². The van der Waals surface area contributed by atoms with Crippen molar-refractivity contribution in [3.63, 3.8) is 0 Å². The zero-order valence-corrected chi connectivity index (χ0v) is 15.7. The molecule has 28 heavy (non-hydrogen) atoms. The summed E-state index contributed by atoms with van der Waals surface area (Å²) in [5, 5.41) is 9.73. The van der Waals surface area contributed by atoms with Crippen LogP contribution in [0.15, 0.2) is 55.0 Å². The number of benzene rings is 1. The van der Waals surface area contributed by atoms with E-state index in [1.54, 1.807) is 49.0 Å². The van der Waals surface area contributed by atoms with E-state index in [0.717, 1.165) is 0 Å². The van der Waals surface area contributed by atoms with Gasteiger partial charge in [0.2, 0.25) is 5.91 Å². The molecule has 2 aromatic heterocycles. The molecule has 0 atom stereocenters. The molecule has 0 aliphatic rings. The molecule has 0 bridgehead atoms. The van der Waals surface area contributed by atoms with Gasteiger partial charge in [-0.2, -0.15) is 5.10 Å². The first-order valence-electron chi connectivity index (χ1n) is 9.01. The third-order valence-electron chi connectivity index (χ3n) is 4.15. The van der Waals surface area contributed by atoms with Crippen LogP contribution in [0.4, 0.5) is 4.39 Å². The lowest BCUT2D eigenvalue weighted by molar-refractivity contribution is -0.123. The van der Waals surface area contributed by atoms with Crippen LogP contribution in [0.3, 0.4) is 0 Å². The van der Waals surface area contributed by atoms with E-state index in [-0.39, 0.29) is 30.0 Å². The fourth-order valence-corrected chi connectivity index (χ4v) is 2.69. The Morgan fingerprint density at radius 1 is 1.07 bits per heavy atom. The second kappa shape index (κ2) is 8.51. The maximum absolute atomic E-state index is 14.3. The van der Waals surface area contributed by atoms with Crippen LogP contribution in [0.5, 0.6) is 0 Å². The summed E-state index contributed by atoms with van der Waals surface area (Å²) in [5.41, 5.74) is 0.545. The van der Waals surface area contributed by atoms with Crippen molar-refractivity contribution in [3.05, 3.63) is 66.4 Å². The Hall–Kier alpha value is -3.42. The van der Waals surface area contributed by atoms with Crippen molar-refractivity contribution < 1.29 is 14.0 Å². The van der Waals surface area contributed by atoms with Gasteiger partial charge in [0.15, 0.2) is 5.82 Å². The van der Waals surface area contributed by atoms with Crippen LogP contribution in [-0.2, 0) is 4.79 Å². The van der Waals surface area contributed by atoms with Crippen molar-refractivity contribution in [1.29, 1.82) is 0 Å². The molecule has 2 N–H and O–H groups in total. The SMILES string of the molecule is CC(C)C(=O)NCCNC(=O)c1cnn(-c2ccccc2F)c1-n1cccc1. The quantitative estimate of drug-likeness (QED) is 0.615. The lowest BCUT2D eigenvalue weighted by Gasteiger charge is -2.12. The van der Waals surface area contributed by atoms with Crippen molar-refractivity contribution >= 4 is 11.8 Å². The van der Waals surface area contributed by atoms with Crippen molar-refractivity contribution in [2.24, 2.45) is 5.92 Å². The normalized spacial score (nSPS) is 10.9. The molecule has 2 amide bonds. The summed E-state index contributed by atoms with van der Waals surface area (Å²) < 4.78 is 17.4. The van der Waals surface area contributed by atoms with E-state index in [1.807, 2.05) is 12.1 Å². The van der Waals surface area contributed by atoms with E-state index in [1.165, 1.54) is 16.9 Å². The third kappa shape index (κ3) is 4.11. The Morgan fingerprint density at radius 2 is 1.75 bits per heavy atom. The number of nitrogens with zero attached hydrogens (tertiary/aromatic N) is 3. The topological polar surface area (TPSA) is 81.0 Å². The molecule has 0 radical (unpaired) electrons. The number of hydrogen-bond donors (Lipinski definition) is 2. The van der Waals surface area contributed by atoms with Crippen molar-refractivity contribution in [1.82, 2.24) is 25.0 Å². The molecule has 0 fully saturated rings. The number of hydrogen-bond acceptors (Lipinski definition) is 3. The van der Waals surface area contributed by atoms with Gasteiger partial charge in [-0.15, -0.1) is 0 Å². The number of nitrogens with one attached hydrogen (secondary N) is 2. The number of carbonyl (C=O) groups is 2. The smallest absolute Gasteiger partial charge is 0.256 e. The summed E-state index contributed by atoms with van der Waals surface area (Å²) in [7, 11) is 0. The molecule has 0 saturated heterocycles. The van der Waals surface area contributed by atoms with Gasteiger partial charge in [-0.05, 0) is 24.3 Å². The highest BCUT2D eigenvalue weighted by Crippen LogP contribution is 2.21. The fourth-order valence-electron chi connectivity index (χ4n) is 2.69. The number of rotatable bonds is 7. The van der Waals surface area contributed by atoms with Crippen LogP contribution >= 0.6 is 0 Å². The molecule has 0 aliphatic heterocycles. The van der Waals surface area contributed by atoms with Gasteiger partial charge in [-0.1, -0.05) is 26.0 Å². The summed E-state index contributed by atoms with van der Waals surface area (Å²) in [5.74, 6) is -0.559. The van der Waals surface area contributed by atoms with Gasteiger partial charge in [-0.25, -0.2) is 9.07 Å². The molecular formula is C20H22FN5O2. The largest absolute Gasteiger partial charge is 0.354 e. The molecule has 3 rings (SSSR count). The van der Waals surface area contributed by atoms with Crippen molar-refractivity contribution in [3.8, 4) is 11.5 Å². The highest BCUT2D eigenvalue weighted by atomic mass is 19.1. The molecule has 146 valence electrons. The molecule has 8 heteroatoms. The molecule has 3 aromatic rings.